The molecule has 3 atom stereocenters. The molecule has 0 spiro atoms. The Morgan fingerprint density at radius 2 is 1.94 bits per heavy atom. The number of alkyl halides is 3. The molecule has 2 aromatic carbocycles. The summed E-state index contributed by atoms with van der Waals surface area (Å²) in [5.74, 6) is -3.29. The molecule has 1 fully saturated rings. The summed E-state index contributed by atoms with van der Waals surface area (Å²) in [7, 11) is 1.42. The molecule has 3 heterocycles. The number of nitrogens with zero attached hydrogens (tertiary/aromatic N) is 2. The fourth-order valence-electron chi connectivity index (χ4n) is 4.53. The summed E-state index contributed by atoms with van der Waals surface area (Å²) < 4.78 is 53.1. The van der Waals surface area contributed by atoms with Crippen molar-refractivity contribution in [2.24, 2.45) is 0 Å². The number of para-hydroxylation sites is 1. The molecule has 2 aliphatic heterocycles. The van der Waals surface area contributed by atoms with Crippen molar-refractivity contribution in [3.8, 4) is 5.75 Å². The second-order valence-corrected chi connectivity index (χ2v) is 8.10. The van der Waals surface area contributed by atoms with E-state index in [1.807, 2.05) is 0 Å². The third-order valence-electron chi connectivity index (χ3n) is 5.99. The minimum absolute atomic E-state index is 0.0974. The van der Waals surface area contributed by atoms with E-state index in [4.69, 9.17) is 9.15 Å². The van der Waals surface area contributed by atoms with Crippen molar-refractivity contribution in [3.05, 3.63) is 65.7 Å². The van der Waals surface area contributed by atoms with Crippen LogP contribution < -0.4 is 15.5 Å². The average molecular weight is 488 g/mol. The number of rotatable bonds is 5. The number of hydrogen-bond acceptors (Lipinski definition) is 7. The number of halogens is 3. The SMILES string of the molecule is COc1cccc2oc(C3=C(CC(=O)O)NC4C(c5ccccc5)C(C(F)(F)F)NN4C3=O)nc12. The summed E-state index contributed by atoms with van der Waals surface area (Å²) >= 11 is 0. The number of fused-ring (bicyclic) bond motifs is 2. The number of hydrazine groups is 1. The van der Waals surface area contributed by atoms with Crippen LogP contribution in [0.15, 0.2) is 58.6 Å². The van der Waals surface area contributed by atoms with Gasteiger partial charge in [0.25, 0.3) is 5.91 Å². The maximum absolute atomic E-state index is 14.0. The predicted molar refractivity (Wildman–Crippen MR) is 116 cm³/mol. The highest BCUT2D eigenvalue weighted by Gasteiger charge is 2.58. The number of ether oxygens (including phenoxy) is 1. The molecule has 3 aromatic rings. The monoisotopic (exact) mass is 488 g/mol. The highest BCUT2D eigenvalue weighted by Crippen LogP contribution is 2.43. The maximum Gasteiger partial charge on any atom is 0.406 e. The van der Waals surface area contributed by atoms with Gasteiger partial charge in [-0.3, -0.25) is 9.59 Å². The Bertz CT molecular complexity index is 1340. The summed E-state index contributed by atoms with van der Waals surface area (Å²) in [6.45, 7) is 0. The Balaban J connectivity index is 1.64. The van der Waals surface area contributed by atoms with Gasteiger partial charge < -0.3 is 19.6 Å². The van der Waals surface area contributed by atoms with Gasteiger partial charge in [-0.25, -0.2) is 15.4 Å². The van der Waals surface area contributed by atoms with E-state index in [0.29, 0.717) is 11.3 Å². The number of nitrogens with one attached hydrogen (secondary N) is 2. The molecule has 1 amide bonds. The van der Waals surface area contributed by atoms with Crippen molar-refractivity contribution in [1.29, 1.82) is 0 Å². The number of carboxylic acids is 1. The van der Waals surface area contributed by atoms with Gasteiger partial charge in [0.15, 0.2) is 11.1 Å². The number of amides is 1. The van der Waals surface area contributed by atoms with Crippen molar-refractivity contribution < 1.29 is 37.0 Å². The molecule has 1 saturated heterocycles. The van der Waals surface area contributed by atoms with Crippen molar-refractivity contribution in [3.63, 3.8) is 0 Å². The van der Waals surface area contributed by atoms with Crippen LogP contribution in [0.3, 0.4) is 0 Å². The van der Waals surface area contributed by atoms with Crippen molar-refractivity contribution in [2.45, 2.75) is 30.7 Å². The van der Waals surface area contributed by atoms with Crippen molar-refractivity contribution in [2.75, 3.05) is 7.11 Å². The van der Waals surface area contributed by atoms with E-state index in [2.05, 4.69) is 15.7 Å². The van der Waals surface area contributed by atoms with Gasteiger partial charge in [-0.05, 0) is 17.7 Å². The van der Waals surface area contributed by atoms with E-state index in [1.54, 1.807) is 36.4 Å². The van der Waals surface area contributed by atoms with E-state index in [0.717, 1.165) is 5.01 Å². The lowest BCUT2D eigenvalue weighted by Gasteiger charge is -2.34. The third-order valence-corrected chi connectivity index (χ3v) is 5.99. The number of methoxy groups -OCH3 is 1. The zero-order chi connectivity index (χ0) is 24.9. The lowest BCUT2D eigenvalue weighted by atomic mass is 9.88. The molecule has 12 heteroatoms. The topological polar surface area (TPSA) is 117 Å². The Labute approximate surface area is 196 Å². The van der Waals surface area contributed by atoms with E-state index in [1.165, 1.54) is 19.2 Å². The minimum atomic E-state index is -4.70. The average Bonchev–Trinajstić information content (AvgIpc) is 3.41. The van der Waals surface area contributed by atoms with Crippen LogP contribution in [0.4, 0.5) is 13.2 Å². The normalized spacial score (nSPS) is 22.3. The molecule has 2 aliphatic rings. The minimum Gasteiger partial charge on any atom is -0.494 e. The molecule has 5 rings (SSSR count). The summed E-state index contributed by atoms with van der Waals surface area (Å²) in [4.78, 5) is 29.5. The first-order valence-corrected chi connectivity index (χ1v) is 10.6. The van der Waals surface area contributed by atoms with Gasteiger partial charge in [0.2, 0.25) is 5.89 Å². The number of benzene rings is 2. The summed E-state index contributed by atoms with van der Waals surface area (Å²) in [5.41, 5.74) is 2.79. The van der Waals surface area contributed by atoms with Crippen molar-refractivity contribution in [1.82, 2.24) is 20.7 Å². The quantitative estimate of drug-likeness (QED) is 0.502. The zero-order valence-electron chi connectivity index (χ0n) is 18.2. The molecule has 3 unspecified atom stereocenters. The molecular weight excluding hydrogens is 469 g/mol. The number of oxazole rings is 1. The highest BCUT2D eigenvalue weighted by atomic mass is 19.4. The van der Waals surface area contributed by atoms with Gasteiger partial charge in [-0.2, -0.15) is 13.2 Å². The van der Waals surface area contributed by atoms with Crippen molar-refractivity contribution >= 4 is 28.5 Å². The number of carbonyl (C=O) groups is 2. The largest absolute Gasteiger partial charge is 0.494 e. The molecule has 182 valence electrons. The zero-order valence-corrected chi connectivity index (χ0v) is 18.2. The summed E-state index contributed by atoms with van der Waals surface area (Å²) in [6.07, 6.45) is -6.55. The Kier molecular flexibility index (Phi) is 5.39. The van der Waals surface area contributed by atoms with E-state index in [9.17, 15) is 27.9 Å². The van der Waals surface area contributed by atoms with Crippen LogP contribution in [0.25, 0.3) is 16.7 Å². The molecule has 0 bridgehead atoms. The first-order chi connectivity index (χ1) is 16.7. The van der Waals surface area contributed by atoms with Crippen LogP contribution in [-0.2, 0) is 9.59 Å². The Morgan fingerprint density at radius 1 is 1.20 bits per heavy atom. The van der Waals surface area contributed by atoms with Crippen LogP contribution in [-0.4, -0.2) is 52.5 Å². The first-order valence-electron chi connectivity index (χ1n) is 10.6. The van der Waals surface area contributed by atoms with Gasteiger partial charge in [-0.15, -0.1) is 0 Å². The lowest BCUT2D eigenvalue weighted by Crippen LogP contribution is -2.55. The molecule has 1 aromatic heterocycles. The van der Waals surface area contributed by atoms with Gasteiger partial charge in [0.05, 0.1) is 19.4 Å². The summed E-state index contributed by atoms with van der Waals surface area (Å²) in [5, 5.41) is 13.2. The fourth-order valence-corrected chi connectivity index (χ4v) is 4.53. The molecule has 3 N–H and O–H groups in total. The first kappa shape index (κ1) is 22.7. The Hall–Kier alpha value is -4.06. The second-order valence-electron chi connectivity index (χ2n) is 8.10. The van der Waals surface area contributed by atoms with Gasteiger partial charge in [-0.1, -0.05) is 36.4 Å². The lowest BCUT2D eigenvalue weighted by molar-refractivity contribution is -0.161. The fraction of sp³-hybridized carbons (Fsp3) is 0.261. The van der Waals surface area contributed by atoms with Gasteiger partial charge in [0, 0.05) is 5.70 Å². The molecule has 0 aliphatic carbocycles. The molecule has 0 saturated carbocycles. The number of carboxylic acid groups (broad SMARTS) is 1. The second kappa shape index (κ2) is 8.31. The molecule has 0 radical (unpaired) electrons. The van der Waals surface area contributed by atoms with Crippen LogP contribution >= 0.6 is 0 Å². The highest BCUT2D eigenvalue weighted by molar-refractivity contribution is 6.20. The maximum atomic E-state index is 14.0. The van der Waals surface area contributed by atoms with E-state index in [-0.39, 0.29) is 28.3 Å². The van der Waals surface area contributed by atoms with Gasteiger partial charge >= 0.3 is 12.1 Å². The predicted octanol–water partition coefficient (Wildman–Crippen LogP) is 3.01. The number of aromatic nitrogens is 1. The molecular formula is C23H19F3N4O5. The standard InChI is InChI=1S/C23H19F3N4O5/c1-34-13-8-5-9-14-18(13)28-21(35-14)17-12(10-15(31)32)27-20-16(11-6-3-2-4-7-11)19(23(24,25)26)29-30(20)22(17)33/h2-9,16,19-20,27,29H,10H2,1H3,(H,31,32). The summed E-state index contributed by atoms with van der Waals surface area (Å²) in [6, 6.07) is 10.7. The van der Waals surface area contributed by atoms with Crippen LogP contribution in [0.1, 0.15) is 23.8 Å². The van der Waals surface area contributed by atoms with Crippen LogP contribution in [0.2, 0.25) is 0 Å². The van der Waals surface area contributed by atoms with Crippen LogP contribution in [0, 0.1) is 0 Å². The van der Waals surface area contributed by atoms with E-state index < -0.39 is 42.6 Å². The number of aliphatic carboxylic acids is 1. The smallest absolute Gasteiger partial charge is 0.406 e. The third kappa shape index (κ3) is 3.85. The van der Waals surface area contributed by atoms with Crippen LogP contribution in [0.5, 0.6) is 5.75 Å². The van der Waals surface area contributed by atoms with Gasteiger partial charge in [0.1, 0.15) is 23.5 Å². The number of carbonyl (C=O) groups excluding carboxylic acids is 1. The Morgan fingerprint density at radius 3 is 2.60 bits per heavy atom. The molecule has 35 heavy (non-hydrogen) atoms. The number of hydrogen-bond donors (Lipinski definition) is 3. The van der Waals surface area contributed by atoms with E-state index >= 15 is 0 Å². The molecule has 9 nitrogen and oxygen atoms in total.